The van der Waals surface area contributed by atoms with E-state index in [0.717, 1.165) is 52.5 Å². The first-order valence-electron chi connectivity index (χ1n) is 8.11. The molecular formula is C15H27N3O2. The van der Waals surface area contributed by atoms with Gasteiger partial charge in [0.25, 0.3) is 0 Å². The Kier molecular flexibility index (Phi) is 4.58. The molecule has 0 aromatic carbocycles. The summed E-state index contributed by atoms with van der Waals surface area (Å²) in [5.41, 5.74) is 0.131. The quantitative estimate of drug-likeness (QED) is 0.816. The van der Waals surface area contributed by atoms with Crippen LogP contribution >= 0.6 is 0 Å². The van der Waals surface area contributed by atoms with Gasteiger partial charge in [0.2, 0.25) is 5.91 Å². The molecule has 2 aliphatic heterocycles. The zero-order valence-corrected chi connectivity index (χ0v) is 12.4. The second kappa shape index (κ2) is 6.41. The van der Waals surface area contributed by atoms with E-state index in [1.165, 1.54) is 25.7 Å². The minimum atomic E-state index is 0.131. The first kappa shape index (κ1) is 14.3. The van der Waals surface area contributed by atoms with Gasteiger partial charge in [-0.05, 0) is 12.8 Å². The summed E-state index contributed by atoms with van der Waals surface area (Å²) < 4.78 is 5.48. The second-order valence-electron chi connectivity index (χ2n) is 6.34. The van der Waals surface area contributed by atoms with Gasteiger partial charge in [-0.3, -0.25) is 9.69 Å². The van der Waals surface area contributed by atoms with Crippen LogP contribution in [0.2, 0.25) is 0 Å². The van der Waals surface area contributed by atoms with E-state index in [-0.39, 0.29) is 5.54 Å². The maximum Gasteiger partial charge on any atom is 0.224 e. The number of hydrogen-bond donors (Lipinski definition) is 1. The largest absolute Gasteiger partial charge is 0.379 e. The van der Waals surface area contributed by atoms with E-state index in [2.05, 4.69) is 15.1 Å². The molecule has 0 unspecified atom stereocenters. The maximum atomic E-state index is 12.6. The molecule has 0 aromatic heterocycles. The maximum absolute atomic E-state index is 12.6. The zero-order chi connectivity index (χ0) is 13.8. The molecule has 5 nitrogen and oxygen atoms in total. The summed E-state index contributed by atoms with van der Waals surface area (Å²) in [6.45, 7) is 7.26. The van der Waals surface area contributed by atoms with Crippen LogP contribution in [0, 0.1) is 0 Å². The molecule has 2 heterocycles. The van der Waals surface area contributed by atoms with Crippen molar-refractivity contribution in [2.75, 3.05) is 52.5 Å². The molecule has 0 aromatic rings. The van der Waals surface area contributed by atoms with Gasteiger partial charge in [0.05, 0.1) is 13.2 Å². The minimum Gasteiger partial charge on any atom is -0.379 e. The third kappa shape index (κ3) is 3.00. The van der Waals surface area contributed by atoms with E-state index >= 15 is 0 Å². The highest BCUT2D eigenvalue weighted by Crippen LogP contribution is 2.39. The average molecular weight is 281 g/mol. The number of rotatable bonds is 3. The van der Waals surface area contributed by atoms with Crippen LogP contribution < -0.4 is 5.32 Å². The molecule has 0 atom stereocenters. The average Bonchev–Trinajstić information content (AvgIpc) is 2.99. The molecule has 0 spiro atoms. The monoisotopic (exact) mass is 281 g/mol. The third-order valence-corrected chi connectivity index (χ3v) is 5.17. The normalized spacial score (nSPS) is 27.7. The summed E-state index contributed by atoms with van der Waals surface area (Å²) in [6.07, 6.45) is 5.63. The third-order valence-electron chi connectivity index (χ3n) is 5.17. The lowest BCUT2D eigenvalue weighted by atomic mass is 9.89. The van der Waals surface area contributed by atoms with E-state index in [4.69, 9.17) is 4.74 Å². The standard InChI is InChI=1S/C15H27N3O2/c19-14(17-7-5-16-6-8-17)13-15(3-1-2-4-15)18-9-11-20-12-10-18/h16H,1-13H2. The summed E-state index contributed by atoms with van der Waals surface area (Å²) in [7, 11) is 0. The molecule has 2 saturated heterocycles. The predicted molar refractivity (Wildman–Crippen MR) is 77.7 cm³/mol. The Morgan fingerprint density at radius 3 is 2.35 bits per heavy atom. The minimum absolute atomic E-state index is 0.131. The van der Waals surface area contributed by atoms with Gasteiger partial charge < -0.3 is 15.0 Å². The fraction of sp³-hybridized carbons (Fsp3) is 0.933. The summed E-state index contributed by atoms with van der Waals surface area (Å²) in [5, 5.41) is 3.32. The van der Waals surface area contributed by atoms with Crippen LogP contribution in [0.3, 0.4) is 0 Å². The number of carbonyl (C=O) groups excluding carboxylic acids is 1. The Balaban J connectivity index is 1.65. The van der Waals surface area contributed by atoms with Crippen molar-refractivity contribution in [3.8, 4) is 0 Å². The number of morpholine rings is 1. The SMILES string of the molecule is O=C(CC1(N2CCOCC2)CCCC1)N1CCNCC1. The van der Waals surface area contributed by atoms with Gasteiger partial charge in [0.1, 0.15) is 0 Å². The van der Waals surface area contributed by atoms with Gasteiger partial charge in [-0.1, -0.05) is 12.8 Å². The fourth-order valence-corrected chi connectivity index (χ4v) is 3.98. The smallest absolute Gasteiger partial charge is 0.224 e. The van der Waals surface area contributed by atoms with Crippen molar-refractivity contribution in [2.24, 2.45) is 0 Å². The zero-order valence-electron chi connectivity index (χ0n) is 12.4. The van der Waals surface area contributed by atoms with Crippen LogP contribution in [0.15, 0.2) is 0 Å². The molecule has 1 aliphatic carbocycles. The van der Waals surface area contributed by atoms with Gasteiger partial charge in [0, 0.05) is 51.2 Å². The van der Waals surface area contributed by atoms with E-state index in [0.29, 0.717) is 12.3 Å². The second-order valence-corrected chi connectivity index (χ2v) is 6.34. The van der Waals surface area contributed by atoms with Gasteiger partial charge in [-0.2, -0.15) is 0 Å². The van der Waals surface area contributed by atoms with Crippen molar-refractivity contribution < 1.29 is 9.53 Å². The Labute approximate surface area is 121 Å². The van der Waals surface area contributed by atoms with E-state index < -0.39 is 0 Å². The van der Waals surface area contributed by atoms with E-state index in [1.54, 1.807) is 0 Å². The summed E-state index contributed by atoms with van der Waals surface area (Å²) in [4.78, 5) is 17.2. The highest BCUT2D eigenvalue weighted by molar-refractivity contribution is 5.77. The van der Waals surface area contributed by atoms with Gasteiger partial charge in [-0.25, -0.2) is 0 Å². The molecule has 1 saturated carbocycles. The van der Waals surface area contributed by atoms with Crippen LogP contribution in [0.1, 0.15) is 32.1 Å². The Hall–Kier alpha value is -0.650. The molecule has 0 bridgehead atoms. The van der Waals surface area contributed by atoms with Gasteiger partial charge in [0.15, 0.2) is 0 Å². The van der Waals surface area contributed by atoms with Crippen LogP contribution in [-0.4, -0.2) is 73.7 Å². The molecule has 20 heavy (non-hydrogen) atoms. The Morgan fingerprint density at radius 2 is 1.70 bits per heavy atom. The van der Waals surface area contributed by atoms with Crippen molar-refractivity contribution in [3.05, 3.63) is 0 Å². The van der Waals surface area contributed by atoms with Crippen molar-refractivity contribution >= 4 is 5.91 Å². The lowest BCUT2D eigenvalue weighted by Gasteiger charge is -2.44. The number of piperazine rings is 1. The fourth-order valence-electron chi connectivity index (χ4n) is 3.98. The first-order valence-corrected chi connectivity index (χ1v) is 8.11. The molecule has 1 amide bonds. The molecule has 3 aliphatic rings. The molecule has 3 rings (SSSR count). The van der Waals surface area contributed by atoms with Crippen molar-refractivity contribution in [2.45, 2.75) is 37.6 Å². The molecule has 3 fully saturated rings. The van der Waals surface area contributed by atoms with Crippen LogP contribution in [0.25, 0.3) is 0 Å². The van der Waals surface area contributed by atoms with Crippen LogP contribution in [0.5, 0.6) is 0 Å². The van der Waals surface area contributed by atoms with E-state index in [1.807, 2.05) is 0 Å². The van der Waals surface area contributed by atoms with Crippen molar-refractivity contribution in [1.29, 1.82) is 0 Å². The number of nitrogens with one attached hydrogen (secondary N) is 1. The summed E-state index contributed by atoms with van der Waals surface area (Å²) in [5.74, 6) is 0.361. The van der Waals surface area contributed by atoms with Crippen LogP contribution in [-0.2, 0) is 9.53 Å². The first-order chi connectivity index (χ1) is 9.80. The molecular weight excluding hydrogens is 254 g/mol. The molecule has 5 heteroatoms. The molecule has 1 N–H and O–H groups in total. The topological polar surface area (TPSA) is 44.8 Å². The van der Waals surface area contributed by atoms with Crippen LogP contribution in [0.4, 0.5) is 0 Å². The number of amides is 1. The lowest BCUT2D eigenvalue weighted by Crippen LogP contribution is -2.55. The lowest BCUT2D eigenvalue weighted by molar-refractivity contribution is -0.136. The number of ether oxygens (including phenoxy) is 1. The van der Waals surface area contributed by atoms with Crippen molar-refractivity contribution in [1.82, 2.24) is 15.1 Å². The Morgan fingerprint density at radius 1 is 1.05 bits per heavy atom. The van der Waals surface area contributed by atoms with E-state index in [9.17, 15) is 4.79 Å². The van der Waals surface area contributed by atoms with Gasteiger partial charge in [-0.15, -0.1) is 0 Å². The number of hydrogen-bond acceptors (Lipinski definition) is 4. The van der Waals surface area contributed by atoms with Crippen molar-refractivity contribution in [3.63, 3.8) is 0 Å². The highest BCUT2D eigenvalue weighted by atomic mass is 16.5. The summed E-state index contributed by atoms with van der Waals surface area (Å²) in [6, 6.07) is 0. The molecule has 114 valence electrons. The number of carbonyl (C=O) groups is 1. The molecule has 0 radical (unpaired) electrons. The highest BCUT2D eigenvalue weighted by Gasteiger charge is 2.42. The Bertz CT molecular complexity index is 330. The predicted octanol–water partition coefficient (Wildman–Crippen LogP) is 0.453. The number of nitrogens with zero attached hydrogens (tertiary/aromatic N) is 2. The van der Waals surface area contributed by atoms with Gasteiger partial charge >= 0.3 is 0 Å². The summed E-state index contributed by atoms with van der Waals surface area (Å²) >= 11 is 0.